The van der Waals surface area contributed by atoms with E-state index < -0.39 is 6.04 Å². The maximum atomic E-state index is 11.9. The number of rotatable bonds is 7. The Labute approximate surface area is 122 Å². The van der Waals surface area contributed by atoms with Gasteiger partial charge >= 0.3 is 0 Å². The van der Waals surface area contributed by atoms with E-state index in [1.165, 1.54) is 19.3 Å². The summed E-state index contributed by atoms with van der Waals surface area (Å²) >= 11 is 0. The molecule has 5 heteroatoms. The normalized spacial score (nSPS) is 19.1. The molecule has 4 N–H and O–H groups in total. The van der Waals surface area contributed by atoms with Crippen molar-refractivity contribution in [3.8, 4) is 0 Å². The highest BCUT2D eigenvalue weighted by Gasteiger charge is 2.20. The maximum absolute atomic E-state index is 11.9. The van der Waals surface area contributed by atoms with Gasteiger partial charge in [-0.05, 0) is 38.1 Å². The molecule has 5 nitrogen and oxygen atoms in total. The van der Waals surface area contributed by atoms with Crippen molar-refractivity contribution < 1.29 is 9.59 Å². The van der Waals surface area contributed by atoms with Gasteiger partial charge in [-0.25, -0.2) is 0 Å². The third-order valence-electron chi connectivity index (χ3n) is 4.00. The lowest BCUT2D eigenvalue weighted by Gasteiger charge is -2.22. The third kappa shape index (κ3) is 6.37. The summed E-state index contributed by atoms with van der Waals surface area (Å²) in [5.74, 6) is 0.606. The lowest BCUT2D eigenvalue weighted by Crippen LogP contribution is -2.46. The van der Waals surface area contributed by atoms with E-state index in [9.17, 15) is 9.59 Å². The maximum Gasteiger partial charge on any atom is 0.242 e. The molecule has 0 aromatic carbocycles. The van der Waals surface area contributed by atoms with Crippen molar-refractivity contribution in [2.75, 3.05) is 13.1 Å². The molecule has 0 spiro atoms. The van der Waals surface area contributed by atoms with Crippen LogP contribution in [0.3, 0.4) is 0 Å². The summed E-state index contributed by atoms with van der Waals surface area (Å²) in [4.78, 5) is 23.7. The summed E-state index contributed by atoms with van der Waals surface area (Å²) in [5, 5.41) is 5.59. The first-order valence-corrected chi connectivity index (χ1v) is 7.80. The first-order chi connectivity index (χ1) is 9.52. The molecule has 1 fully saturated rings. The van der Waals surface area contributed by atoms with Gasteiger partial charge in [0.2, 0.25) is 11.8 Å². The largest absolute Gasteiger partial charge is 0.354 e. The summed E-state index contributed by atoms with van der Waals surface area (Å²) in [7, 11) is 0. The molecule has 0 saturated heterocycles. The lowest BCUT2D eigenvalue weighted by molar-refractivity contribution is -0.129. The minimum absolute atomic E-state index is 0.00794. The Bertz CT molecular complexity index is 314. The van der Waals surface area contributed by atoms with E-state index in [1.54, 1.807) is 6.92 Å². The zero-order valence-electron chi connectivity index (χ0n) is 12.8. The Kier molecular flexibility index (Phi) is 7.59. The predicted octanol–water partition coefficient (Wildman–Crippen LogP) is 1.17. The fraction of sp³-hybridized carbons (Fsp3) is 0.867. The second-order valence-corrected chi connectivity index (χ2v) is 6.08. The lowest BCUT2D eigenvalue weighted by atomic mass is 9.87. The van der Waals surface area contributed by atoms with E-state index in [0.717, 1.165) is 12.8 Å². The molecule has 2 amide bonds. The molecule has 0 aromatic rings. The van der Waals surface area contributed by atoms with Crippen LogP contribution >= 0.6 is 0 Å². The molecule has 20 heavy (non-hydrogen) atoms. The van der Waals surface area contributed by atoms with Crippen LogP contribution in [0.4, 0.5) is 0 Å². The van der Waals surface area contributed by atoms with Crippen molar-refractivity contribution in [2.24, 2.45) is 17.6 Å². The number of carbonyl (C=O) groups is 2. The zero-order chi connectivity index (χ0) is 15.0. The van der Waals surface area contributed by atoms with Crippen molar-refractivity contribution in [2.45, 2.75) is 58.4 Å². The van der Waals surface area contributed by atoms with Gasteiger partial charge in [-0.1, -0.05) is 26.2 Å². The summed E-state index contributed by atoms with van der Waals surface area (Å²) in [6.45, 7) is 4.80. The van der Waals surface area contributed by atoms with Crippen LogP contribution in [-0.4, -0.2) is 30.9 Å². The standard InChI is InChI=1S/C15H29N3O2/c1-11(9-16)10-17-15(20)12(2)18-14(19)8-13-6-4-3-5-7-13/h11-13H,3-10,16H2,1-2H3,(H,17,20)(H,18,19). The molecule has 116 valence electrons. The van der Waals surface area contributed by atoms with Gasteiger partial charge < -0.3 is 16.4 Å². The highest BCUT2D eigenvalue weighted by molar-refractivity contribution is 5.87. The van der Waals surface area contributed by atoms with Crippen molar-refractivity contribution in [3.05, 3.63) is 0 Å². The Balaban J connectivity index is 2.23. The van der Waals surface area contributed by atoms with Gasteiger partial charge in [0.05, 0.1) is 0 Å². The van der Waals surface area contributed by atoms with Gasteiger partial charge in [0, 0.05) is 13.0 Å². The second-order valence-electron chi connectivity index (χ2n) is 6.08. The number of amides is 2. The molecule has 0 bridgehead atoms. The van der Waals surface area contributed by atoms with E-state index in [4.69, 9.17) is 5.73 Å². The minimum Gasteiger partial charge on any atom is -0.354 e. The summed E-state index contributed by atoms with van der Waals surface area (Å²) in [5.41, 5.74) is 5.50. The third-order valence-corrected chi connectivity index (χ3v) is 4.00. The Hall–Kier alpha value is -1.10. The number of hydrogen-bond donors (Lipinski definition) is 3. The fourth-order valence-corrected chi connectivity index (χ4v) is 2.53. The van der Waals surface area contributed by atoms with E-state index in [-0.39, 0.29) is 17.7 Å². The molecule has 0 aliphatic heterocycles. The van der Waals surface area contributed by atoms with Crippen molar-refractivity contribution >= 4 is 11.8 Å². The number of hydrogen-bond acceptors (Lipinski definition) is 3. The van der Waals surface area contributed by atoms with Crippen LogP contribution in [0.5, 0.6) is 0 Å². The molecule has 1 rings (SSSR count). The molecule has 2 unspecified atom stereocenters. The highest BCUT2D eigenvalue weighted by atomic mass is 16.2. The Morgan fingerprint density at radius 3 is 2.45 bits per heavy atom. The van der Waals surface area contributed by atoms with Gasteiger partial charge in [0.15, 0.2) is 0 Å². The Morgan fingerprint density at radius 2 is 1.85 bits per heavy atom. The molecule has 1 aliphatic rings. The smallest absolute Gasteiger partial charge is 0.242 e. The van der Waals surface area contributed by atoms with Gasteiger partial charge in [0.25, 0.3) is 0 Å². The van der Waals surface area contributed by atoms with Crippen molar-refractivity contribution in [3.63, 3.8) is 0 Å². The van der Waals surface area contributed by atoms with Crippen LogP contribution in [0.1, 0.15) is 52.4 Å². The summed E-state index contributed by atoms with van der Waals surface area (Å²) in [6, 6.07) is -0.476. The molecule has 0 radical (unpaired) electrons. The molecule has 0 heterocycles. The quantitative estimate of drug-likeness (QED) is 0.656. The predicted molar refractivity (Wildman–Crippen MR) is 80.0 cm³/mol. The first-order valence-electron chi connectivity index (χ1n) is 7.80. The average Bonchev–Trinajstić information content (AvgIpc) is 2.45. The summed E-state index contributed by atoms with van der Waals surface area (Å²) < 4.78 is 0. The number of nitrogens with one attached hydrogen (secondary N) is 2. The van der Waals surface area contributed by atoms with Crippen LogP contribution in [-0.2, 0) is 9.59 Å². The van der Waals surface area contributed by atoms with E-state index >= 15 is 0 Å². The van der Waals surface area contributed by atoms with Gasteiger partial charge in [0.1, 0.15) is 6.04 Å². The van der Waals surface area contributed by atoms with Crippen molar-refractivity contribution in [1.29, 1.82) is 0 Å². The number of carbonyl (C=O) groups excluding carboxylic acids is 2. The van der Waals surface area contributed by atoms with Gasteiger partial charge in [-0.2, -0.15) is 0 Å². The van der Waals surface area contributed by atoms with E-state index in [1.807, 2.05) is 6.92 Å². The van der Waals surface area contributed by atoms with Crippen LogP contribution in [0.15, 0.2) is 0 Å². The zero-order valence-corrected chi connectivity index (χ0v) is 12.8. The number of nitrogens with two attached hydrogens (primary N) is 1. The van der Waals surface area contributed by atoms with Crippen LogP contribution in [0.2, 0.25) is 0 Å². The van der Waals surface area contributed by atoms with Gasteiger partial charge in [-0.3, -0.25) is 9.59 Å². The van der Waals surface area contributed by atoms with Crippen LogP contribution in [0.25, 0.3) is 0 Å². The van der Waals surface area contributed by atoms with E-state index in [0.29, 0.717) is 25.4 Å². The highest BCUT2D eigenvalue weighted by Crippen LogP contribution is 2.26. The monoisotopic (exact) mass is 283 g/mol. The molecule has 2 atom stereocenters. The van der Waals surface area contributed by atoms with Crippen molar-refractivity contribution in [1.82, 2.24) is 10.6 Å². The van der Waals surface area contributed by atoms with E-state index in [2.05, 4.69) is 10.6 Å². The topological polar surface area (TPSA) is 84.2 Å². The van der Waals surface area contributed by atoms with Crippen LogP contribution in [0, 0.1) is 11.8 Å². The van der Waals surface area contributed by atoms with Gasteiger partial charge in [-0.15, -0.1) is 0 Å². The fourth-order valence-electron chi connectivity index (χ4n) is 2.53. The molecular formula is C15H29N3O2. The SMILES string of the molecule is CC(CN)CNC(=O)C(C)NC(=O)CC1CCCCC1. The molecule has 0 aromatic heterocycles. The first kappa shape index (κ1) is 17.0. The minimum atomic E-state index is -0.476. The summed E-state index contributed by atoms with van der Waals surface area (Å²) in [6.07, 6.45) is 6.58. The molecule has 1 aliphatic carbocycles. The molecular weight excluding hydrogens is 254 g/mol. The van der Waals surface area contributed by atoms with Crippen LogP contribution < -0.4 is 16.4 Å². The molecule has 1 saturated carbocycles. The Morgan fingerprint density at radius 1 is 1.20 bits per heavy atom. The average molecular weight is 283 g/mol. The second kappa shape index (κ2) is 8.95.